The Morgan fingerprint density at radius 3 is 2.31 bits per heavy atom. The van der Waals surface area contributed by atoms with Crippen molar-refractivity contribution in [2.45, 2.75) is 110 Å². The molecule has 11 atom stereocenters. The Morgan fingerprint density at radius 2 is 1.67 bits per heavy atom. The summed E-state index contributed by atoms with van der Waals surface area (Å²) in [6.07, 6.45) is 13.0. The van der Waals surface area contributed by atoms with Crippen molar-refractivity contribution >= 4 is 11.7 Å². The van der Waals surface area contributed by atoms with Crippen LogP contribution in [0.25, 0.3) is 0 Å². The van der Waals surface area contributed by atoms with E-state index in [2.05, 4.69) is 5.32 Å². The molecule has 1 aromatic heterocycles. The van der Waals surface area contributed by atoms with E-state index in [1.54, 1.807) is 81.5 Å². The molecule has 0 aliphatic carbocycles. The van der Waals surface area contributed by atoms with Crippen molar-refractivity contribution in [2.75, 3.05) is 13.7 Å². The molecule has 14 heteroatoms. The molecule has 320 valence electrons. The fourth-order valence-corrected chi connectivity index (χ4v) is 7.27. The van der Waals surface area contributed by atoms with Crippen molar-refractivity contribution in [1.82, 2.24) is 9.88 Å². The summed E-state index contributed by atoms with van der Waals surface area (Å²) in [5.74, 6) is -5.51. The Morgan fingerprint density at radius 1 is 1.00 bits per heavy atom. The minimum atomic E-state index is -2.34. The van der Waals surface area contributed by atoms with Gasteiger partial charge in [-0.25, -0.2) is 0 Å². The summed E-state index contributed by atoms with van der Waals surface area (Å²) in [7, 11) is 3.01. The summed E-state index contributed by atoms with van der Waals surface area (Å²) >= 11 is 0. The Labute approximate surface area is 340 Å². The van der Waals surface area contributed by atoms with Crippen LogP contribution in [0.4, 0.5) is 0 Å². The van der Waals surface area contributed by atoms with Crippen LogP contribution in [0.3, 0.4) is 0 Å². The highest BCUT2D eigenvalue weighted by Crippen LogP contribution is 2.44. The summed E-state index contributed by atoms with van der Waals surface area (Å²) in [6, 6.07) is 1.27. The number of ketones is 1. The number of rotatable bonds is 17. The molecule has 1 aromatic rings. The minimum Gasteiger partial charge on any atom is -0.507 e. The zero-order valence-electron chi connectivity index (χ0n) is 34.9. The summed E-state index contributed by atoms with van der Waals surface area (Å²) in [4.78, 5) is 38.4. The monoisotopic (exact) mass is 810 g/mol. The van der Waals surface area contributed by atoms with Gasteiger partial charge in [0.25, 0.3) is 5.56 Å². The number of aryl methyl sites for hydroxylation is 1. The molecule has 11 unspecified atom stereocenters. The highest BCUT2D eigenvalue weighted by molar-refractivity contribution is 6.09. The fraction of sp³-hybridized carbons (Fsp3) is 0.523. The maximum atomic E-state index is 13.3. The van der Waals surface area contributed by atoms with Crippen molar-refractivity contribution in [1.29, 1.82) is 0 Å². The number of amides is 1. The van der Waals surface area contributed by atoms with Crippen LogP contribution in [-0.4, -0.2) is 115 Å². The number of carbonyl (C=O) groups is 2. The number of aromatic nitrogens is 1. The lowest BCUT2D eigenvalue weighted by molar-refractivity contribution is -0.359. The van der Waals surface area contributed by atoms with Gasteiger partial charge in [-0.05, 0) is 44.4 Å². The zero-order valence-corrected chi connectivity index (χ0v) is 34.9. The third-order valence-electron chi connectivity index (χ3n) is 11.0. The second-order valence-electron chi connectivity index (χ2n) is 15.5. The van der Waals surface area contributed by atoms with Crippen LogP contribution in [0.15, 0.2) is 101 Å². The lowest BCUT2D eigenvalue weighted by Crippen LogP contribution is -2.69. The Balaban J connectivity index is 1.61. The Bertz CT molecular complexity index is 1860. The predicted molar refractivity (Wildman–Crippen MR) is 220 cm³/mol. The first kappa shape index (κ1) is 48.1. The van der Waals surface area contributed by atoms with Crippen LogP contribution >= 0.6 is 0 Å². The molecule has 3 rings (SSSR count). The fourth-order valence-electron chi connectivity index (χ4n) is 7.27. The third-order valence-corrected chi connectivity index (χ3v) is 11.0. The molecule has 2 aliphatic heterocycles. The van der Waals surface area contributed by atoms with E-state index in [1.807, 2.05) is 26.8 Å². The number of ether oxygens (including phenoxy) is 3. The molecule has 3 heterocycles. The first-order valence-electron chi connectivity index (χ1n) is 19.5. The largest absolute Gasteiger partial charge is 0.507 e. The van der Waals surface area contributed by atoms with E-state index in [9.17, 15) is 45.0 Å². The molecular weight excluding hydrogens is 748 g/mol. The van der Waals surface area contributed by atoms with Gasteiger partial charge in [0.1, 0.15) is 35.7 Å². The molecule has 14 nitrogen and oxygen atoms in total. The Kier molecular flexibility index (Phi) is 17.5. The molecule has 0 spiro atoms. The number of aliphatic hydroxyl groups is 5. The molecule has 0 bridgehead atoms. The van der Waals surface area contributed by atoms with E-state index in [1.165, 1.54) is 44.0 Å². The summed E-state index contributed by atoms with van der Waals surface area (Å²) in [6.45, 7) is 12.2. The first-order chi connectivity index (χ1) is 27.3. The van der Waals surface area contributed by atoms with Crippen molar-refractivity contribution in [2.24, 2.45) is 24.3 Å². The number of pyridine rings is 1. The van der Waals surface area contributed by atoms with Crippen molar-refractivity contribution < 1.29 is 54.4 Å². The number of hydrogen-bond acceptors (Lipinski definition) is 12. The summed E-state index contributed by atoms with van der Waals surface area (Å²) in [5, 5.41) is 68.0. The average molecular weight is 811 g/mol. The number of aliphatic hydroxyl groups excluding tert-OH is 4. The van der Waals surface area contributed by atoms with E-state index < -0.39 is 94.9 Å². The van der Waals surface area contributed by atoms with Gasteiger partial charge < -0.3 is 54.7 Å². The van der Waals surface area contributed by atoms with E-state index in [0.29, 0.717) is 0 Å². The number of hydrogen-bond donors (Lipinski definition) is 7. The van der Waals surface area contributed by atoms with Crippen LogP contribution in [0.1, 0.15) is 65.2 Å². The minimum absolute atomic E-state index is 0.0818. The number of nitrogens with one attached hydrogen (secondary N) is 1. The van der Waals surface area contributed by atoms with Crippen LogP contribution in [-0.2, 0) is 26.1 Å². The smallest absolute Gasteiger partial charge is 0.265 e. The second-order valence-corrected chi connectivity index (χ2v) is 15.5. The number of Topliss-reactive ketones (excluding diaryl/α,β-unsaturated/α-hetero) is 1. The van der Waals surface area contributed by atoms with Gasteiger partial charge in [-0.2, -0.15) is 0 Å². The molecule has 7 N–H and O–H groups in total. The van der Waals surface area contributed by atoms with E-state index >= 15 is 0 Å². The van der Waals surface area contributed by atoms with Gasteiger partial charge in [-0.15, -0.1) is 0 Å². The first-order valence-corrected chi connectivity index (χ1v) is 19.5. The van der Waals surface area contributed by atoms with Gasteiger partial charge in [0.2, 0.25) is 11.7 Å². The van der Waals surface area contributed by atoms with Gasteiger partial charge in [-0.3, -0.25) is 14.4 Å². The van der Waals surface area contributed by atoms with Crippen molar-refractivity contribution in [3.63, 3.8) is 0 Å². The molecule has 2 fully saturated rings. The summed E-state index contributed by atoms with van der Waals surface area (Å²) in [5.41, 5.74) is -0.881. The standard InChI is InChI=1S/C44H62N2O12/c1-10-12-14-22-32-43(6,7)39(51)40(52)44(55,58-32)29(11-2)41(53)45-24-18-17-20-27(4)37(56-9)28(5)38-36(50)35(49)31(57-38)21-16-13-15-19-26(3)34(48)33-30(47)23-25-46(8)42(33)54/h10,12-23,25,28-29,31-32,35-40,47,49-52,55H,11,24H2,1-9H3,(H,45,53)/b12-10-,15-13+,18-17-,21-16-,22-14+,26-19-,27-20+. The van der Waals surface area contributed by atoms with E-state index in [-0.39, 0.29) is 24.1 Å². The van der Waals surface area contributed by atoms with Crippen LogP contribution in [0.5, 0.6) is 5.75 Å². The number of carbonyl (C=O) groups excluding carboxylic acids is 2. The maximum Gasteiger partial charge on any atom is 0.265 e. The van der Waals surface area contributed by atoms with Gasteiger partial charge in [-0.1, -0.05) is 101 Å². The van der Waals surface area contributed by atoms with Gasteiger partial charge in [0.05, 0.1) is 30.3 Å². The Hall–Kier alpha value is -4.25. The van der Waals surface area contributed by atoms with Gasteiger partial charge in [0, 0.05) is 38.2 Å². The van der Waals surface area contributed by atoms with E-state index in [0.717, 1.165) is 5.57 Å². The molecule has 1 amide bonds. The topological polar surface area (TPSA) is 217 Å². The van der Waals surface area contributed by atoms with E-state index in [4.69, 9.17) is 14.2 Å². The van der Waals surface area contributed by atoms with Crippen LogP contribution < -0.4 is 10.9 Å². The SMILES string of the molecule is C/C=C\C=C\C1OC(O)(C(CC)C(=O)NC/C=C\C=C(/C)C(OC)C(C)C2OC(\C=C/C=C/C=C(/C)C(=O)c3c(O)ccn(C)c3=O)C(O)C2O)C(O)C(O)C1(C)C. The molecule has 0 radical (unpaired) electrons. The molecular formula is C44H62N2O12. The van der Waals surface area contributed by atoms with Crippen molar-refractivity contribution in [3.05, 3.63) is 112 Å². The third kappa shape index (κ3) is 10.9. The van der Waals surface area contributed by atoms with Crippen molar-refractivity contribution in [3.8, 4) is 5.75 Å². The van der Waals surface area contributed by atoms with Crippen LogP contribution in [0, 0.1) is 17.3 Å². The number of nitrogens with zero attached hydrogens (tertiary/aromatic N) is 1. The molecule has 2 saturated heterocycles. The second kappa shape index (κ2) is 21.1. The molecule has 2 aliphatic rings. The predicted octanol–water partition coefficient (Wildman–Crippen LogP) is 3.09. The number of allylic oxidation sites excluding steroid dienone is 10. The molecule has 58 heavy (non-hydrogen) atoms. The van der Waals surface area contributed by atoms with Gasteiger partial charge >= 0.3 is 0 Å². The highest BCUT2D eigenvalue weighted by atomic mass is 16.7. The lowest BCUT2D eigenvalue weighted by atomic mass is 9.71. The zero-order chi connectivity index (χ0) is 43.5. The molecule has 0 saturated carbocycles. The van der Waals surface area contributed by atoms with Gasteiger partial charge in [0.15, 0.2) is 5.78 Å². The number of aromatic hydroxyl groups is 1. The normalized spacial score (nSPS) is 29.9. The average Bonchev–Trinajstić information content (AvgIpc) is 3.46. The number of methoxy groups -OCH3 is 1. The quantitative estimate of drug-likeness (QED) is 0.0687. The highest BCUT2D eigenvalue weighted by Gasteiger charge is 2.60. The lowest BCUT2D eigenvalue weighted by Gasteiger charge is -2.53. The maximum absolute atomic E-state index is 13.3. The molecule has 0 aromatic carbocycles. The van der Waals surface area contributed by atoms with Crippen LogP contribution in [0.2, 0.25) is 0 Å². The summed E-state index contributed by atoms with van der Waals surface area (Å²) < 4.78 is 19.0.